The van der Waals surface area contributed by atoms with E-state index in [-0.39, 0.29) is 11.5 Å². The average molecular weight is 431 g/mol. The molecule has 0 unspecified atom stereocenters. The second kappa shape index (κ2) is 8.57. The minimum absolute atomic E-state index is 0.0747. The molecule has 3 aromatic rings. The van der Waals surface area contributed by atoms with Gasteiger partial charge in [-0.3, -0.25) is 9.69 Å². The molecule has 2 aromatic carbocycles. The van der Waals surface area contributed by atoms with Crippen LogP contribution < -0.4 is 0 Å². The predicted octanol–water partition coefficient (Wildman–Crippen LogP) is 4.79. The van der Waals surface area contributed by atoms with Gasteiger partial charge in [0.1, 0.15) is 5.01 Å². The highest BCUT2D eigenvalue weighted by Crippen LogP contribution is 2.30. The number of rotatable bonds is 4. The molecule has 1 aromatic heterocycles. The van der Waals surface area contributed by atoms with E-state index in [1.807, 2.05) is 35.7 Å². The number of halogens is 3. The van der Waals surface area contributed by atoms with E-state index in [9.17, 15) is 18.0 Å². The number of amides is 1. The molecule has 0 bridgehead atoms. The molecule has 0 N–H and O–H groups in total. The van der Waals surface area contributed by atoms with E-state index >= 15 is 0 Å². The van der Waals surface area contributed by atoms with Gasteiger partial charge >= 0.3 is 6.18 Å². The first-order valence-corrected chi connectivity index (χ1v) is 10.5. The molecule has 0 spiro atoms. The lowest BCUT2D eigenvalue weighted by molar-refractivity contribution is -0.137. The van der Waals surface area contributed by atoms with Gasteiger partial charge in [0.2, 0.25) is 0 Å². The van der Waals surface area contributed by atoms with Crippen molar-refractivity contribution in [1.29, 1.82) is 0 Å². The number of benzene rings is 2. The average Bonchev–Trinajstić information content (AvgIpc) is 3.22. The molecular formula is C22H20F3N3OS. The number of aromatic nitrogens is 1. The number of carbonyl (C=O) groups is 1. The van der Waals surface area contributed by atoms with E-state index in [1.165, 1.54) is 12.1 Å². The lowest BCUT2D eigenvalue weighted by atomic mass is 10.1. The second-order valence-corrected chi connectivity index (χ2v) is 8.08. The van der Waals surface area contributed by atoms with Gasteiger partial charge in [-0.15, -0.1) is 11.3 Å². The number of thiazole rings is 1. The van der Waals surface area contributed by atoms with Crippen molar-refractivity contribution in [3.05, 3.63) is 76.1 Å². The molecule has 0 radical (unpaired) electrons. The summed E-state index contributed by atoms with van der Waals surface area (Å²) in [6.45, 7) is 2.97. The Morgan fingerprint density at radius 2 is 1.73 bits per heavy atom. The van der Waals surface area contributed by atoms with Crippen molar-refractivity contribution < 1.29 is 18.0 Å². The highest BCUT2D eigenvalue weighted by atomic mass is 32.1. The van der Waals surface area contributed by atoms with E-state index in [4.69, 9.17) is 4.98 Å². The molecular weight excluding hydrogens is 411 g/mol. The molecule has 0 atom stereocenters. The fraction of sp³-hybridized carbons (Fsp3) is 0.273. The van der Waals surface area contributed by atoms with Crippen molar-refractivity contribution in [1.82, 2.24) is 14.8 Å². The topological polar surface area (TPSA) is 36.4 Å². The summed E-state index contributed by atoms with van der Waals surface area (Å²) in [5.41, 5.74) is 1.31. The van der Waals surface area contributed by atoms with Crippen molar-refractivity contribution in [2.24, 2.45) is 0 Å². The maximum atomic E-state index is 12.9. The van der Waals surface area contributed by atoms with Crippen LogP contribution in [0.4, 0.5) is 13.2 Å². The Morgan fingerprint density at radius 3 is 2.43 bits per heavy atom. The Bertz CT molecular complexity index is 1010. The van der Waals surface area contributed by atoms with Gasteiger partial charge in [-0.25, -0.2) is 4.98 Å². The van der Waals surface area contributed by atoms with Crippen LogP contribution in [0.2, 0.25) is 0 Å². The maximum Gasteiger partial charge on any atom is 0.416 e. The molecule has 4 nitrogen and oxygen atoms in total. The van der Waals surface area contributed by atoms with E-state index in [0.717, 1.165) is 28.4 Å². The first-order chi connectivity index (χ1) is 14.4. The van der Waals surface area contributed by atoms with Gasteiger partial charge in [0.25, 0.3) is 5.91 Å². The summed E-state index contributed by atoms with van der Waals surface area (Å²) in [6.07, 6.45) is -4.46. The van der Waals surface area contributed by atoms with E-state index in [2.05, 4.69) is 4.90 Å². The second-order valence-electron chi connectivity index (χ2n) is 7.14. The van der Waals surface area contributed by atoms with Crippen molar-refractivity contribution in [2.45, 2.75) is 12.7 Å². The molecule has 4 rings (SSSR count). The van der Waals surface area contributed by atoms with Gasteiger partial charge in [0.15, 0.2) is 0 Å². The molecule has 1 fully saturated rings. The van der Waals surface area contributed by atoms with Crippen molar-refractivity contribution in [3.8, 4) is 11.3 Å². The predicted molar refractivity (Wildman–Crippen MR) is 110 cm³/mol. The van der Waals surface area contributed by atoms with Crippen LogP contribution in [0.3, 0.4) is 0 Å². The highest BCUT2D eigenvalue weighted by molar-refractivity contribution is 7.09. The van der Waals surface area contributed by atoms with Crippen molar-refractivity contribution >= 4 is 17.2 Å². The molecule has 0 saturated carbocycles. The summed E-state index contributed by atoms with van der Waals surface area (Å²) in [5.74, 6) is -0.360. The van der Waals surface area contributed by atoms with Crippen LogP contribution in [-0.4, -0.2) is 46.9 Å². The number of alkyl halides is 3. The third-order valence-electron chi connectivity index (χ3n) is 5.08. The van der Waals surface area contributed by atoms with Gasteiger partial charge in [0.05, 0.1) is 17.8 Å². The molecule has 1 saturated heterocycles. The largest absolute Gasteiger partial charge is 0.416 e. The van der Waals surface area contributed by atoms with Crippen LogP contribution in [0, 0.1) is 0 Å². The summed E-state index contributed by atoms with van der Waals surface area (Å²) in [4.78, 5) is 21.2. The first-order valence-electron chi connectivity index (χ1n) is 9.59. The number of carbonyl (C=O) groups excluding carboxylic acids is 1. The normalized spacial score (nSPS) is 15.4. The molecule has 1 aliphatic rings. The molecule has 2 heterocycles. The van der Waals surface area contributed by atoms with E-state index in [1.54, 1.807) is 16.2 Å². The fourth-order valence-electron chi connectivity index (χ4n) is 3.44. The van der Waals surface area contributed by atoms with Gasteiger partial charge in [-0.1, -0.05) is 36.4 Å². The Morgan fingerprint density at radius 1 is 1.00 bits per heavy atom. The summed E-state index contributed by atoms with van der Waals surface area (Å²) < 4.78 is 38.7. The molecule has 156 valence electrons. The molecule has 0 aliphatic carbocycles. The maximum absolute atomic E-state index is 12.9. The summed E-state index contributed by atoms with van der Waals surface area (Å²) in [7, 11) is 0. The Balaban J connectivity index is 1.34. The van der Waals surface area contributed by atoms with Crippen LogP contribution in [0.1, 0.15) is 20.9 Å². The number of piperazine rings is 1. The molecule has 30 heavy (non-hydrogen) atoms. The van der Waals surface area contributed by atoms with E-state index < -0.39 is 11.7 Å². The number of hydrogen-bond acceptors (Lipinski definition) is 4. The lowest BCUT2D eigenvalue weighted by Gasteiger charge is -2.34. The monoisotopic (exact) mass is 431 g/mol. The zero-order valence-corrected chi connectivity index (χ0v) is 16.9. The molecule has 1 amide bonds. The first kappa shape index (κ1) is 20.6. The summed E-state index contributed by atoms with van der Waals surface area (Å²) >= 11 is 1.61. The highest BCUT2D eigenvalue weighted by Gasteiger charge is 2.31. The Kier molecular flexibility index (Phi) is 5.87. The zero-order chi connectivity index (χ0) is 21.1. The quantitative estimate of drug-likeness (QED) is 0.596. The zero-order valence-electron chi connectivity index (χ0n) is 16.1. The van der Waals surface area contributed by atoms with E-state index in [0.29, 0.717) is 32.7 Å². The van der Waals surface area contributed by atoms with Gasteiger partial charge in [0, 0.05) is 42.7 Å². The van der Waals surface area contributed by atoms with Crippen LogP contribution in [0.15, 0.2) is 60.0 Å². The summed E-state index contributed by atoms with van der Waals surface area (Å²) in [5, 5.41) is 3.05. The number of hydrogen-bond donors (Lipinski definition) is 0. The number of nitrogens with zero attached hydrogens (tertiary/aromatic N) is 3. The van der Waals surface area contributed by atoms with Gasteiger partial charge < -0.3 is 4.90 Å². The van der Waals surface area contributed by atoms with Crippen LogP contribution in [0.5, 0.6) is 0 Å². The fourth-order valence-corrected chi connectivity index (χ4v) is 4.28. The third kappa shape index (κ3) is 4.71. The third-order valence-corrected chi connectivity index (χ3v) is 5.91. The minimum atomic E-state index is -4.46. The SMILES string of the molecule is O=C(c1cccc(C(F)(F)F)c1)N1CCN(Cc2nc(-c3ccccc3)cs2)CC1. The van der Waals surface area contributed by atoms with Crippen molar-refractivity contribution in [2.75, 3.05) is 26.2 Å². The van der Waals surface area contributed by atoms with Crippen LogP contribution in [0.25, 0.3) is 11.3 Å². The molecule has 1 aliphatic heterocycles. The standard InChI is InChI=1S/C22H20F3N3OS/c23-22(24,25)18-8-4-7-17(13-18)21(29)28-11-9-27(10-12-28)14-20-26-19(15-30-20)16-5-2-1-3-6-16/h1-8,13,15H,9-12,14H2. The van der Waals surface area contributed by atoms with Crippen LogP contribution in [-0.2, 0) is 12.7 Å². The Hall–Kier alpha value is -2.71. The Labute approximate surface area is 176 Å². The van der Waals surface area contributed by atoms with Crippen LogP contribution >= 0.6 is 11.3 Å². The lowest BCUT2D eigenvalue weighted by Crippen LogP contribution is -2.48. The van der Waals surface area contributed by atoms with Gasteiger partial charge in [-0.2, -0.15) is 13.2 Å². The van der Waals surface area contributed by atoms with Gasteiger partial charge in [-0.05, 0) is 18.2 Å². The van der Waals surface area contributed by atoms with Crippen molar-refractivity contribution in [3.63, 3.8) is 0 Å². The minimum Gasteiger partial charge on any atom is -0.336 e. The smallest absolute Gasteiger partial charge is 0.336 e. The summed E-state index contributed by atoms with van der Waals surface area (Å²) in [6, 6.07) is 14.6. The molecule has 8 heteroatoms.